The van der Waals surface area contributed by atoms with Gasteiger partial charge in [-0.05, 0) is 63.9 Å². The molecule has 0 bridgehead atoms. The first-order valence-corrected chi connectivity index (χ1v) is 8.89. The minimum atomic E-state index is 0.383. The van der Waals surface area contributed by atoms with Gasteiger partial charge in [-0.25, -0.2) is 4.68 Å². The molecular weight excluding hydrogens is 302 g/mol. The van der Waals surface area contributed by atoms with Crippen molar-refractivity contribution in [3.8, 4) is 5.95 Å². The van der Waals surface area contributed by atoms with Crippen LogP contribution in [0.15, 0.2) is 12.4 Å². The molecule has 0 radical (unpaired) electrons. The van der Waals surface area contributed by atoms with Gasteiger partial charge in [-0.1, -0.05) is 0 Å². The molecule has 128 valence electrons. The van der Waals surface area contributed by atoms with E-state index in [2.05, 4.69) is 44.5 Å². The standard InChI is InChI=1S/C17H25N7/c1-10-8-18-24(9-10)17-22-15(19-11(2)13-4-5-13)21-16(23-17)20-12(3)14-6-7-14/h8-9,11-14H,4-7H2,1-3H3,(H2,19,20,21,22,23)/t11-,12-/m1/s1. The maximum Gasteiger partial charge on any atom is 0.257 e. The zero-order chi connectivity index (χ0) is 16.7. The highest BCUT2D eigenvalue weighted by Crippen LogP contribution is 2.34. The molecule has 2 aromatic rings. The second-order valence-corrected chi connectivity index (χ2v) is 7.29. The summed E-state index contributed by atoms with van der Waals surface area (Å²) in [5.41, 5.74) is 1.08. The molecule has 2 aliphatic carbocycles. The van der Waals surface area contributed by atoms with Crippen molar-refractivity contribution in [2.24, 2.45) is 11.8 Å². The van der Waals surface area contributed by atoms with Crippen molar-refractivity contribution in [1.82, 2.24) is 24.7 Å². The van der Waals surface area contributed by atoms with Gasteiger partial charge in [-0.3, -0.25) is 0 Å². The van der Waals surface area contributed by atoms with Crippen LogP contribution in [0.1, 0.15) is 45.1 Å². The number of aryl methyl sites for hydroxylation is 1. The number of rotatable bonds is 7. The van der Waals surface area contributed by atoms with Crippen LogP contribution in [0.2, 0.25) is 0 Å². The monoisotopic (exact) mass is 327 g/mol. The first-order chi connectivity index (χ1) is 11.6. The van der Waals surface area contributed by atoms with Crippen LogP contribution in [-0.2, 0) is 0 Å². The maximum absolute atomic E-state index is 4.58. The van der Waals surface area contributed by atoms with E-state index in [0.29, 0.717) is 29.9 Å². The average Bonchev–Trinajstić information content (AvgIpc) is 3.45. The molecule has 2 heterocycles. The van der Waals surface area contributed by atoms with Crippen molar-refractivity contribution in [2.75, 3.05) is 10.6 Å². The van der Waals surface area contributed by atoms with Crippen molar-refractivity contribution in [1.29, 1.82) is 0 Å². The van der Waals surface area contributed by atoms with E-state index in [1.807, 2.05) is 19.3 Å². The van der Waals surface area contributed by atoms with Gasteiger partial charge in [0.25, 0.3) is 5.95 Å². The van der Waals surface area contributed by atoms with E-state index < -0.39 is 0 Å². The van der Waals surface area contributed by atoms with Crippen molar-refractivity contribution >= 4 is 11.9 Å². The zero-order valence-electron chi connectivity index (χ0n) is 14.5. The largest absolute Gasteiger partial charge is 0.351 e. The molecule has 2 N–H and O–H groups in total. The Morgan fingerprint density at radius 2 is 1.50 bits per heavy atom. The van der Waals surface area contributed by atoms with Gasteiger partial charge < -0.3 is 10.6 Å². The normalized spacial score (nSPS) is 19.8. The Morgan fingerprint density at radius 1 is 0.958 bits per heavy atom. The maximum atomic E-state index is 4.58. The summed E-state index contributed by atoms with van der Waals surface area (Å²) in [6.45, 7) is 6.39. The number of hydrogen-bond acceptors (Lipinski definition) is 6. The second-order valence-electron chi connectivity index (χ2n) is 7.29. The molecule has 2 fully saturated rings. The van der Waals surface area contributed by atoms with Crippen molar-refractivity contribution in [3.63, 3.8) is 0 Å². The van der Waals surface area contributed by atoms with Crippen LogP contribution in [0.25, 0.3) is 5.95 Å². The van der Waals surface area contributed by atoms with Crippen LogP contribution in [0, 0.1) is 18.8 Å². The lowest BCUT2D eigenvalue weighted by Gasteiger charge is -2.16. The molecular formula is C17H25N7. The Kier molecular flexibility index (Phi) is 3.86. The number of aromatic nitrogens is 5. The summed E-state index contributed by atoms with van der Waals surface area (Å²) in [6, 6.07) is 0.765. The molecule has 2 aliphatic rings. The topological polar surface area (TPSA) is 80.5 Å². The van der Waals surface area contributed by atoms with Gasteiger partial charge in [0.2, 0.25) is 11.9 Å². The van der Waals surface area contributed by atoms with Crippen LogP contribution < -0.4 is 10.6 Å². The van der Waals surface area contributed by atoms with E-state index in [4.69, 9.17) is 0 Å². The van der Waals surface area contributed by atoms with Crippen molar-refractivity contribution in [2.45, 2.75) is 58.5 Å². The Morgan fingerprint density at radius 3 is 1.92 bits per heavy atom. The van der Waals surface area contributed by atoms with Crippen LogP contribution in [0.5, 0.6) is 0 Å². The molecule has 7 nitrogen and oxygen atoms in total. The third-order valence-corrected chi connectivity index (χ3v) is 4.91. The molecule has 0 spiro atoms. The second kappa shape index (κ2) is 6.03. The average molecular weight is 327 g/mol. The van der Waals surface area contributed by atoms with E-state index in [-0.39, 0.29) is 0 Å². The predicted octanol–water partition coefficient (Wildman–Crippen LogP) is 2.79. The smallest absolute Gasteiger partial charge is 0.257 e. The van der Waals surface area contributed by atoms with Crippen molar-refractivity contribution < 1.29 is 0 Å². The summed E-state index contributed by atoms with van der Waals surface area (Å²) in [5, 5.41) is 11.2. The lowest BCUT2D eigenvalue weighted by atomic mass is 10.2. The Balaban J connectivity index is 1.61. The summed E-state index contributed by atoms with van der Waals surface area (Å²) < 4.78 is 1.71. The van der Waals surface area contributed by atoms with Gasteiger partial charge in [0.15, 0.2) is 0 Å². The fourth-order valence-electron chi connectivity index (χ4n) is 2.95. The zero-order valence-corrected chi connectivity index (χ0v) is 14.5. The lowest BCUT2D eigenvalue weighted by molar-refractivity contribution is 0.671. The highest BCUT2D eigenvalue weighted by molar-refractivity contribution is 5.39. The molecule has 7 heteroatoms. The van der Waals surface area contributed by atoms with Crippen LogP contribution >= 0.6 is 0 Å². The van der Waals surface area contributed by atoms with E-state index in [1.165, 1.54) is 25.7 Å². The van der Waals surface area contributed by atoms with Gasteiger partial charge in [0.1, 0.15) is 0 Å². The molecule has 2 atom stereocenters. The van der Waals surface area contributed by atoms with Crippen LogP contribution in [0.4, 0.5) is 11.9 Å². The van der Waals surface area contributed by atoms with Gasteiger partial charge in [-0.15, -0.1) is 0 Å². The highest BCUT2D eigenvalue weighted by Gasteiger charge is 2.30. The fraction of sp³-hybridized carbons (Fsp3) is 0.647. The van der Waals surface area contributed by atoms with Gasteiger partial charge >= 0.3 is 0 Å². The minimum Gasteiger partial charge on any atom is -0.351 e. The Hall–Kier alpha value is -2.18. The Labute approximate surface area is 142 Å². The predicted molar refractivity (Wildman–Crippen MR) is 93.3 cm³/mol. The molecule has 0 unspecified atom stereocenters. The number of nitrogens with zero attached hydrogens (tertiary/aromatic N) is 5. The summed E-state index contributed by atoms with van der Waals surface area (Å²) in [7, 11) is 0. The van der Waals surface area contributed by atoms with Crippen LogP contribution in [0.3, 0.4) is 0 Å². The first kappa shape index (κ1) is 15.4. The molecule has 0 aromatic carbocycles. The molecule has 0 saturated heterocycles. The number of nitrogens with one attached hydrogen (secondary N) is 2. The first-order valence-electron chi connectivity index (χ1n) is 8.89. The lowest BCUT2D eigenvalue weighted by Crippen LogP contribution is -2.23. The van der Waals surface area contributed by atoms with E-state index in [1.54, 1.807) is 4.68 Å². The van der Waals surface area contributed by atoms with E-state index in [9.17, 15) is 0 Å². The molecule has 0 aliphatic heterocycles. The summed E-state index contributed by atoms with van der Waals surface area (Å²) in [4.78, 5) is 13.7. The molecule has 0 amide bonds. The third-order valence-electron chi connectivity index (χ3n) is 4.91. The van der Waals surface area contributed by atoms with E-state index >= 15 is 0 Å². The van der Waals surface area contributed by atoms with Gasteiger partial charge in [0, 0.05) is 18.3 Å². The summed E-state index contributed by atoms with van der Waals surface area (Å²) >= 11 is 0. The van der Waals surface area contributed by atoms with E-state index in [0.717, 1.165) is 17.4 Å². The van der Waals surface area contributed by atoms with Gasteiger partial charge in [0.05, 0.1) is 6.20 Å². The van der Waals surface area contributed by atoms with Crippen molar-refractivity contribution in [3.05, 3.63) is 18.0 Å². The third kappa shape index (κ3) is 3.49. The van der Waals surface area contributed by atoms with Crippen LogP contribution in [-0.4, -0.2) is 36.8 Å². The fourth-order valence-corrected chi connectivity index (χ4v) is 2.95. The number of hydrogen-bond donors (Lipinski definition) is 2. The molecule has 4 rings (SSSR count). The van der Waals surface area contributed by atoms with Gasteiger partial charge in [-0.2, -0.15) is 20.1 Å². The highest BCUT2D eigenvalue weighted by atomic mass is 15.4. The molecule has 2 saturated carbocycles. The minimum absolute atomic E-state index is 0.383. The summed E-state index contributed by atoms with van der Waals surface area (Å²) in [6.07, 6.45) is 8.88. The summed E-state index contributed by atoms with van der Waals surface area (Å²) in [5.74, 6) is 3.27. The SMILES string of the molecule is Cc1cnn(-c2nc(N[C@H](C)C3CC3)nc(N[C@H](C)C3CC3)n2)c1. The number of anilines is 2. The quantitative estimate of drug-likeness (QED) is 0.814. The molecule has 2 aromatic heterocycles. The molecule has 24 heavy (non-hydrogen) atoms. The Bertz CT molecular complexity index is 679.